The molecular formula is C16H31N3O2. The normalized spacial score (nSPS) is 21.0. The zero-order valence-electron chi connectivity index (χ0n) is 13.9. The minimum Gasteiger partial charge on any atom is -0.356 e. The van der Waals surface area contributed by atoms with E-state index in [1.807, 2.05) is 32.6 Å². The molecule has 1 heterocycles. The molecule has 0 spiro atoms. The first kappa shape index (κ1) is 18.0. The summed E-state index contributed by atoms with van der Waals surface area (Å²) in [4.78, 5) is 26.0. The third-order valence-electron chi connectivity index (χ3n) is 4.01. The Bertz CT molecular complexity index is 361. The summed E-state index contributed by atoms with van der Waals surface area (Å²) in [6.07, 6.45) is 4.38. The van der Waals surface area contributed by atoms with Gasteiger partial charge in [0, 0.05) is 37.0 Å². The van der Waals surface area contributed by atoms with E-state index in [1.165, 1.54) is 0 Å². The molecule has 21 heavy (non-hydrogen) atoms. The van der Waals surface area contributed by atoms with Crippen molar-refractivity contribution in [3.63, 3.8) is 0 Å². The van der Waals surface area contributed by atoms with E-state index in [1.54, 1.807) is 0 Å². The zero-order chi connectivity index (χ0) is 16.0. The summed E-state index contributed by atoms with van der Waals surface area (Å²) in [6.45, 7) is 9.00. The molecule has 0 saturated carbocycles. The molecule has 3 N–H and O–H groups in total. The molecule has 1 fully saturated rings. The number of carbonyl (C=O) groups is 2. The number of hydrogen-bond donors (Lipinski definition) is 2. The van der Waals surface area contributed by atoms with Crippen molar-refractivity contribution in [2.45, 2.75) is 71.9 Å². The highest BCUT2D eigenvalue weighted by Gasteiger charge is 2.28. The van der Waals surface area contributed by atoms with Crippen LogP contribution in [0, 0.1) is 5.41 Å². The van der Waals surface area contributed by atoms with Crippen LogP contribution < -0.4 is 11.1 Å². The molecule has 5 nitrogen and oxygen atoms in total. The minimum absolute atomic E-state index is 0.0230. The SMILES string of the molecule is CC(N)C1CCCCN1C(=O)CCCNC(=O)C(C)(C)C. The summed E-state index contributed by atoms with van der Waals surface area (Å²) in [5.41, 5.74) is 5.61. The van der Waals surface area contributed by atoms with E-state index in [0.717, 1.165) is 25.8 Å². The number of rotatable bonds is 5. The Hall–Kier alpha value is -1.10. The Morgan fingerprint density at radius 3 is 2.57 bits per heavy atom. The van der Waals surface area contributed by atoms with Gasteiger partial charge in [-0.05, 0) is 32.6 Å². The Morgan fingerprint density at radius 2 is 2.00 bits per heavy atom. The van der Waals surface area contributed by atoms with Crippen molar-refractivity contribution in [2.24, 2.45) is 11.1 Å². The van der Waals surface area contributed by atoms with Crippen molar-refractivity contribution in [3.05, 3.63) is 0 Å². The van der Waals surface area contributed by atoms with E-state index in [2.05, 4.69) is 5.32 Å². The van der Waals surface area contributed by atoms with Crippen LogP contribution in [0.4, 0.5) is 0 Å². The molecule has 0 aromatic heterocycles. The average Bonchev–Trinajstić information content (AvgIpc) is 2.41. The summed E-state index contributed by atoms with van der Waals surface area (Å²) in [5.74, 6) is 0.198. The second kappa shape index (κ2) is 7.78. The first-order valence-electron chi connectivity index (χ1n) is 8.07. The Kier molecular flexibility index (Phi) is 6.65. The van der Waals surface area contributed by atoms with Gasteiger partial charge in [0.15, 0.2) is 0 Å². The summed E-state index contributed by atoms with van der Waals surface area (Å²) in [7, 11) is 0. The molecule has 1 aliphatic rings. The quantitative estimate of drug-likeness (QED) is 0.758. The van der Waals surface area contributed by atoms with Crippen LogP contribution in [0.2, 0.25) is 0 Å². The Morgan fingerprint density at radius 1 is 1.33 bits per heavy atom. The van der Waals surface area contributed by atoms with Crippen LogP contribution in [0.3, 0.4) is 0 Å². The smallest absolute Gasteiger partial charge is 0.225 e. The molecule has 0 aromatic carbocycles. The van der Waals surface area contributed by atoms with Crippen molar-refractivity contribution >= 4 is 11.8 Å². The van der Waals surface area contributed by atoms with Gasteiger partial charge in [-0.25, -0.2) is 0 Å². The average molecular weight is 297 g/mol. The topological polar surface area (TPSA) is 75.4 Å². The Balaban J connectivity index is 2.34. The third kappa shape index (κ3) is 5.65. The molecule has 0 radical (unpaired) electrons. The summed E-state index contributed by atoms with van der Waals surface area (Å²) in [6, 6.07) is 0.199. The van der Waals surface area contributed by atoms with E-state index >= 15 is 0 Å². The van der Waals surface area contributed by atoms with E-state index in [-0.39, 0.29) is 29.3 Å². The number of likely N-dealkylation sites (tertiary alicyclic amines) is 1. The lowest BCUT2D eigenvalue weighted by Gasteiger charge is -2.38. The van der Waals surface area contributed by atoms with Gasteiger partial charge in [0.2, 0.25) is 11.8 Å². The molecule has 1 saturated heterocycles. The van der Waals surface area contributed by atoms with E-state index in [9.17, 15) is 9.59 Å². The molecular weight excluding hydrogens is 266 g/mol. The lowest BCUT2D eigenvalue weighted by molar-refractivity contribution is -0.135. The molecule has 0 bridgehead atoms. The monoisotopic (exact) mass is 297 g/mol. The van der Waals surface area contributed by atoms with Gasteiger partial charge < -0.3 is 16.0 Å². The molecule has 5 heteroatoms. The maximum absolute atomic E-state index is 12.3. The summed E-state index contributed by atoms with van der Waals surface area (Å²) < 4.78 is 0. The maximum atomic E-state index is 12.3. The summed E-state index contributed by atoms with van der Waals surface area (Å²) in [5, 5.41) is 2.88. The van der Waals surface area contributed by atoms with Gasteiger partial charge >= 0.3 is 0 Å². The number of carbonyl (C=O) groups excluding carboxylic acids is 2. The fourth-order valence-corrected chi connectivity index (χ4v) is 2.66. The number of nitrogens with two attached hydrogens (primary N) is 1. The fraction of sp³-hybridized carbons (Fsp3) is 0.875. The highest BCUT2D eigenvalue weighted by Crippen LogP contribution is 2.20. The minimum atomic E-state index is -0.378. The van der Waals surface area contributed by atoms with Gasteiger partial charge in [0.25, 0.3) is 0 Å². The van der Waals surface area contributed by atoms with Crippen LogP contribution >= 0.6 is 0 Å². The molecule has 0 aliphatic carbocycles. The van der Waals surface area contributed by atoms with Gasteiger partial charge in [-0.1, -0.05) is 20.8 Å². The highest BCUT2D eigenvalue weighted by molar-refractivity contribution is 5.81. The van der Waals surface area contributed by atoms with Gasteiger partial charge in [0.1, 0.15) is 0 Å². The third-order valence-corrected chi connectivity index (χ3v) is 4.01. The second-order valence-corrected chi connectivity index (χ2v) is 7.12. The molecule has 2 atom stereocenters. The largest absolute Gasteiger partial charge is 0.356 e. The van der Waals surface area contributed by atoms with Crippen LogP contribution in [0.1, 0.15) is 59.8 Å². The highest BCUT2D eigenvalue weighted by atomic mass is 16.2. The maximum Gasteiger partial charge on any atom is 0.225 e. The number of nitrogens with one attached hydrogen (secondary N) is 1. The van der Waals surface area contributed by atoms with Crippen molar-refractivity contribution in [2.75, 3.05) is 13.1 Å². The number of amides is 2. The lowest BCUT2D eigenvalue weighted by atomic mass is 9.95. The van der Waals surface area contributed by atoms with Crippen molar-refractivity contribution < 1.29 is 9.59 Å². The Labute approximate surface area is 128 Å². The number of hydrogen-bond acceptors (Lipinski definition) is 3. The predicted molar refractivity (Wildman–Crippen MR) is 84.7 cm³/mol. The summed E-state index contributed by atoms with van der Waals surface area (Å²) >= 11 is 0. The standard InChI is InChI=1S/C16H31N3O2/c1-12(17)13-8-5-6-11-19(13)14(20)9-7-10-18-15(21)16(2,3)4/h12-13H,5-11,17H2,1-4H3,(H,18,21). The lowest BCUT2D eigenvalue weighted by Crippen LogP contribution is -2.51. The van der Waals surface area contributed by atoms with Crippen molar-refractivity contribution in [3.8, 4) is 0 Å². The molecule has 122 valence electrons. The molecule has 1 rings (SSSR count). The predicted octanol–water partition coefficient (Wildman–Crippen LogP) is 1.66. The molecule has 2 unspecified atom stereocenters. The zero-order valence-corrected chi connectivity index (χ0v) is 13.9. The second-order valence-electron chi connectivity index (χ2n) is 7.12. The van der Waals surface area contributed by atoms with Gasteiger partial charge in [0.05, 0.1) is 0 Å². The van der Waals surface area contributed by atoms with Crippen molar-refractivity contribution in [1.82, 2.24) is 10.2 Å². The first-order chi connectivity index (χ1) is 9.73. The number of nitrogens with zero attached hydrogens (tertiary/aromatic N) is 1. The molecule has 2 amide bonds. The van der Waals surface area contributed by atoms with E-state index in [4.69, 9.17) is 5.73 Å². The number of piperidine rings is 1. The van der Waals surface area contributed by atoms with Crippen LogP contribution in [0.5, 0.6) is 0 Å². The first-order valence-corrected chi connectivity index (χ1v) is 8.07. The van der Waals surface area contributed by atoms with E-state index < -0.39 is 0 Å². The van der Waals surface area contributed by atoms with Gasteiger partial charge in [-0.15, -0.1) is 0 Å². The molecule has 0 aromatic rings. The van der Waals surface area contributed by atoms with Crippen LogP contribution in [0.15, 0.2) is 0 Å². The van der Waals surface area contributed by atoms with Gasteiger partial charge in [-0.2, -0.15) is 0 Å². The van der Waals surface area contributed by atoms with Crippen LogP contribution in [0.25, 0.3) is 0 Å². The van der Waals surface area contributed by atoms with Crippen LogP contribution in [-0.4, -0.2) is 41.9 Å². The molecule has 1 aliphatic heterocycles. The fourth-order valence-electron chi connectivity index (χ4n) is 2.66. The van der Waals surface area contributed by atoms with E-state index in [0.29, 0.717) is 19.4 Å². The van der Waals surface area contributed by atoms with Gasteiger partial charge in [-0.3, -0.25) is 9.59 Å². The van der Waals surface area contributed by atoms with Crippen LogP contribution in [-0.2, 0) is 9.59 Å². The van der Waals surface area contributed by atoms with Crippen molar-refractivity contribution in [1.29, 1.82) is 0 Å².